The number of hydrogen-bond acceptors (Lipinski definition) is 13. The van der Waals surface area contributed by atoms with Gasteiger partial charge in [-0.05, 0) is 50.5 Å². The predicted molar refractivity (Wildman–Crippen MR) is 221 cm³/mol. The van der Waals surface area contributed by atoms with Crippen LogP contribution in [0.25, 0.3) is 5.52 Å². The molecule has 1 unspecified atom stereocenters. The molecule has 2 N–H and O–H groups in total. The van der Waals surface area contributed by atoms with E-state index in [0.29, 0.717) is 17.8 Å². The van der Waals surface area contributed by atoms with E-state index in [1.165, 1.54) is 62.7 Å². The van der Waals surface area contributed by atoms with Crippen molar-refractivity contribution in [2.75, 3.05) is 26.4 Å². The van der Waals surface area contributed by atoms with Gasteiger partial charge in [-0.2, -0.15) is 15.4 Å². The zero-order valence-electron chi connectivity index (χ0n) is 35.4. The largest absolute Gasteiger partial charge is 0.464 e. The van der Waals surface area contributed by atoms with Crippen LogP contribution in [0.4, 0.5) is 0 Å². The summed E-state index contributed by atoms with van der Waals surface area (Å²) in [4.78, 5) is 30.5. The number of esters is 2. The first-order valence-electron chi connectivity index (χ1n) is 21.3. The van der Waals surface area contributed by atoms with Crippen LogP contribution in [-0.2, 0) is 43.2 Å². The first-order chi connectivity index (χ1) is 28.5. The number of ether oxygens (including phenoxy) is 4. The molecule has 0 saturated carbocycles. The van der Waals surface area contributed by atoms with E-state index in [1.807, 2.05) is 13.8 Å². The number of para-hydroxylation sites is 1. The maximum Gasteiger partial charge on any atom is 0.459 e. The third-order valence-electron chi connectivity index (χ3n) is 10.7. The van der Waals surface area contributed by atoms with Crippen LogP contribution >= 0.6 is 7.75 Å². The van der Waals surface area contributed by atoms with Crippen LogP contribution < -0.4 is 9.61 Å². The Morgan fingerprint density at radius 1 is 1.00 bits per heavy atom. The average molecular weight is 842 g/mol. The third kappa shape index (κ3) is 13.8. The molecule has 4 rings (SSSR count). The molecule has 2 aromatic heterocycles. The van der Waals surface area contributed by atoms with Gasteiger partial charge in [0.05, 0.1) is 43.1 Å². The number of nitriles is 1. The maximum absolute atomic E-state index is 14.4. The smallest absolute Gasteiger partial charge is 0.459 e. The first-order valence-corrected chi connectivity index (χ1v) is 22.8. The van der Waals surface area contributed by atoms with E-state index >= 15 is 0 Å². The Morgan fingerprint density at radius 3 is 2.34 bits per heavy atom. The van der Waals surface area contributed by atoms with Gasteiger partial charge in [0.1, 0.15) is 36.4 Å². The highest BCUT2D eigenvalue weighted by Crippen LogP contribution is 2.48. The Bertz CT molecular complexity index is 1820. The van der Waals surface area contributed by atoms with Gasteiger partial charge in [-0.1, -0.05) is 110 Å². The fourth-order valence-electron chi connectivity index (χ4n) is 6.96. The molecule has 59 heavy (non-hydrogen) atoms. The van der Waals surface area contributed by atoms with Gasteiger partial charge < -0.3 is 28.6 Å². The highest BCUT2D eigenvalue weighted by atomic mass is 31.2. The Kier molecular flexibility index (Phi) is 19.7. The Morgan fingerprint density at radius 2 is 1.68 bits per heavy atom. The second-order valence-corrected chi connectivity index (χ2v) is 16.9. The number of aromatic nitrogens is 3. The summed E-state index contributed by atoms with van der Waals surface area (Å²) in [6, 6.07) is 12.5. The van der Waals surface area contributed by atoms with Crippen molar-refractivity contribution < 1.29 is 47.3 Å². The van der Waals surface area contributed by atoms with Crippen LogP contribution in [0.2, 0.25) is 0 Å². The lowest BCUT2D eigenvalue weighted by atomic mass is 9.92. The van der Waals surface area contributed by atoms with Crippen LogP contribution in [-0.4, -0.2) is 82.4 Å². The van der Waals surface area contributed by atoms with E-state index in [0.717, 1.165) is 32.1 Å². The van der Waals surface area contributed by atoms with Crippen molar-refractivity contribution in [1.82, 2.24) is 19.7 Å². The van der Waals surface area contributed by atoms with Crippen molar-refractivity contribution in [2.24, 2.45) is 5.92 Å². The summed E-state index contributed by atoms with van der Waals surface area (Å²) in [7, 11) is -4.41. The minimum Gasteiger partial charge on any atom is -0.464 e. The number of hydrogen-bond donors (Lipinski definition) is 2. The van der Waals surface area contributed by atoms with Crippen molar-refractivity contribution in [3.8, 4) is 11.8 Å². The van der Waals surface area contributed by atoms with Crippen LogP contribution in [0.1, 0.15) is 123 Å². The molecule has 0 radical (unpaired) electrons. The van der Waals surface area contributed by atoms with Crippen molar-refractivity contribution >= 4 is 25.2 Å². The van der Waals surface area contributed by atoms with Gasteiger partial charge in [0.15, 0.2) is 6.10 Å². The molecule has 1 aromatic carbocycles. The molecule has 0 bridgehead atoms. The van der Waals surface area contributed by atoms with Gasteiger partial charge in [-0.15, -0.1) is 0 Å². The summed E-state index contributed by atoms with van der Waals surface area (Å²) < 4.78 is 50.9. The van der Waals surface area contributed by atoms with E-state index in [4.69, 9.17) is 28.0 Å². The highest BCUT2D eigenvalue weighted by Gasteiger charge is 2.60. The van der Waals surface area contributed by atoms with Crippen LogP contribution in [0.15, 0.2) is 48.8 Å². The number of unbranched alkanes of at least 4 members (excludes halogenated alkanes) is 9. The van der Waals surface area contributed by atoms with Crippen molar-refractivity contribution in [3.05, 3.63) is 60.2 Å². The lowest BCUT2D eigenvalue weighted by Gasteiger charge is -2.27. The molecule has 0 spiro atoms. The van der Waals surface area contributed by atoms with Crippen molar-refractivity contribution in [3.63, 3.8) is 0 Å². The second kappa shape index (κ2) is 24.4. The van der Waals surface area contributed by atoms with Gasteiger partial charge in [0.2, 0.25) is 5.60 Å². The number of nitrogens with zero attached hydrogens (tertiary/aromatic N) is 4. The molecular formula is C43H64N5O10P. The highest BCUT2D eigenvalue weighted by molar-refractivity contribution is 7.52. The quantitative estimate of drug-likeness (QED) is 0.0407. The predicted octanol–water partition coefficient (Wildman–Crippen LogP) is 7.92. The van der Waals surface area contributed by atoms with E-state index in [-0.39, 0.29) is 37.0 Å². The number of carbonyl (C=O) groups is 2. The van der Waals surface area contributed by atoms with Crippen LogP contribution in [0.5, 0.6) is 5.75 Å². The van der Waals surface area contributed by atoms with Crippen LogP contribution in [0.3, 0.4) is 0 Å². The van der Waals surface area contributed by atoms with E-state index in [1.54, 1.807) is 49.4 Å². The number of carbonyl (C=O) groups excluding carboxylic acids is 2. The summed E-state index contributed by atoms with van der Waals surface area (Å²) in [5.41, 5.74) is -0.733. The molecule has 15 nitrogen and oxygen atoms in total. The first kappa shape index (κ1) is 47.8. The zero-order valence-corrected chi connectivity index (χ0v) is 36.3. The number of nitrogens with one attached hydrogen (secondary N) is 1. The molecule has 3 aromatic rings. The lowest BCUT2D eigenvalue weighted by molar-refractivity contribution is -0.161. The summed E-state index contributed by atoms with van der Waals surface area (Å²) >= 11 is 0. The Balaban J connectivity index is 1.45. The molecule has 1 saturated heterocycles. The van der Waals surface area contributed by atoms with Gasteiger partial charge in [0.25, 0.3) is 0 Å². The van der Waals surface area contributed by atoms with Crippen LogP contribution in [0, 0.1) is 24.2 Å². The number of rotatable bonds is 28. The van der Waals surface area contributed by atoms with Crippen molar-refractivity contribution in [2.45, 2.75) is 148 Å². The molecule has 1 aliphatic rings. The number of fused-ring (bicyclic) bond motifs is 1. The molecule has 0 amide bonds. The summed E-state index contributed by atoms with van der Waals surface area (Å²) in [6.07, 6.45) is 10.2. The van der Waals surface area contributed by atoms with Gasteiger partial charge in [-0.3, -0.25) is 14.1 Å². The summed E-state index contributed by atoms with van der Waals surface area (Å²) in [5, 5.41) is 29.6. The molecule has 1 fully saturated rings. The molecule has 3 heterocycles. The fraction of sp³-hybridized carbons (Fsp3) is 0.651. The van der Waals surface area contributed by atoms with Gasteiger partial charge in [0, 0.05) is 6.61 Å². The van der Waals surface area contributed by atoms with Crippen molar-refractivity contribution in [1.29, 1.82) is 5.26 Å². The SMILES string of the molecule is CCCCCCCCCCCCOCCC(=O)O[C@@H]1[C@H](O)[C@@H](COP(=O)(N[C@H](C)C(=O)OCC(CC)CC)Oc2ccccc2)O[C@@]1(C#N)c1ccc2c(C)ncnn12. The molecular weight excluding hydrogens is 777 g/mol. The number of benzene rings is 1. The Hall–Kier alpha value is -3.90. The molecule has 16 heteroatoms. The van der Waals surface area contributed by atoms with Gasteiger partial charge in [-0.25, -0.2) is 14.1 Å². The summed E-state index contributed by atoms with van der Waals surface area (Å²) in [5.74, 6) is -1.02. The normalized spacial score (nSPS) is 20.6. The zero-order chi connectivity index (χ0) is 42.7. The van der Waals surface area contributed by atoms with Gasteiger partial charge >= 0.3 is 19.7 Å². The average Bonchev–Trinajstić information content (AvgIpc) is 3.79. The standard InChI is InChI=1S/C43H64N5O10P/c1-6-9-10-11-12-13-14-15-16-20-26-53-27-25-39(49)56-41-40(50)37(57-43(41,30-44)38-24-23-36-32(4)45-31-46-48(36)38)29-55-59(52,58-35-21-18-17-19-22-35)47-33(5)42(51)54-28-34(7-2)8-3/h17-19,21-24,31,33-34,37,40-41,50H,6-16,20,25-29H2,1-5H3,(H,47,52)/t33-,37-,40-,41-,43+,59?/m1/s1. The van der Waals surface area contributed by atoms with E-state index < -0.39 is 56.2 Å². The third-order valence-corrected chi connectivity index (χ3v) is 12.3. The molecule has 1 aliphatic heterocycles. The molecule has 6 atom stereocenters. The topological polar surface area (TPSA) is 193 Å². The van der Waals surface area contributed by atoms with E-state index in [9.17, 15) is 24.5 Å². The second-order valence-electron chi connectivity index (χ2n) is 15.2. The maximum atomic E-state index is 14.4. The summed E-state index contributed by atoms with van der Waals surface area (Å²) in [6.45, 7) is 9.67. The molecule has 326 valence electrons. The number of aryl methyl sites for hydroxylation is 1. The monoisotopic (exact) mass is 841 g/mol. The molecule has 0 aliphatic carbocycles. The number of aliphatic hydroxyl groups excluding tert-OH is 1. The minimum atomic E-state index is -4.41. The number of aliphatic hydroxyl groups is 1. The fourth-order valence-corrected chi connectivity index (χ4v) is 8.46. The van der Waals surface area contributed by atoms with E-state index in [2.05, 4.69) is 28.2 Å². The minimum absolute atomic E-state index is 0.0936. The lowest BCUT2D eigenvalue weighted by Crippen LogP contribution is -2.44. The Labute approximate surface area is 349 Å².